The molecular formula is C42H43F2N7O3. The number of anilines is 1. The van der Waals surface area contributed by atoms with Crippen LogP contribution in [-0.4, -0.2) is 106 Å². The third-order valence-electron chi connectivity index (χ3n) is 13.3. The maximum atomic E-state index is 17.8. The molecule has 0 spiro atoms. The van der Waals surface area contributed by atoms with E-state index >= 15 is 8.78 Å². The van der Waals surface area contributed by atoms with E-state index in [0.29, 0.717) is 57.5 Å². The molecule has 6 aliphatic rings. The van der Waals surface area contributed by atoms with Crippen molar-refractivity contribution in [2.75, 3.05) is 64.0 Å². The Hall–Kier alpha value is -4.57. The van der Waals surface area contributed by atoms with E-state index in [-0.39, 0.29) is 39.4 Å². The standard InChI is InChI=1S/C42H43F2N7O3/c1-3-30-33(43)7-4-24-11-29(52)12-31(34(24)30)35-37(44)39-36(32-18-48(2)47-38(32)35)40(50-16-27-5-6-28(17-50)51(27)13-23-19-53-20-23)46-41(45-39)54-22-42(8-9-42)21-49-14-25-10-26(25)15-49/h1,4,7,11-12,18,23,25-28,52H,5-6,8-10,13-17,19-22H2,2H3. The number of likely N-dealkylation sites (tertiary alicyclic amines) is 1. The number of aromatic hydroxyl groups is 1. The van der Waals surface area contributed by atoms with E-state index in [0.717, 1.165) is 76.9 Å². The molecule has 4 aliphatic heterocycles. The molecule has 11 rings (SSSR count). The molecule has 0 amide bonds. The number of phenolic OH excluding ortho intramolecular Hbond substituents is 1. The zero-order chi connectivity index (χ0) is 36.5. The summed E-state index contributed by atoms with van der Waals surface area (Å²) in [4.78, 5) is 17.5. The minimum atomic E-state index is -0.646. The fraction of sp³-hybridized carbons (Fsp3) is 0.500. The Bertz CT molecular complexity index is 2400. The number of hydrogen-bond acceptors (Lipinski definition) is 9. The van der Waals surface area contributed by atoms with Gasteiger partial charge in [0.05, 0.1) is 30.8 Å². The summed E-state index contributed by atoms with van der Waals surface area (Å²) in [6.45, 7) is 8.01. The van der Waals surface area contributed by atoms with Gasteiger partial charge in [-0.1, -0.05) is 12.0 Å². The molecule has 4 saturated heterocycles. The first-order valence-electron chi connectivity index (χ1n) is 19.5. The first-order chi connectivity index (χ1) is 26.2. The van der Waals surface area contributed by atoms with Crippen LogP contribution in [0.5, 0.6) is 11.8 Å². The predicted molar refractivity (Wildman–Crippen MR) is 202 cm³/mol. The Morgan fingerprint density at radius 2 is 1.80 bits per heavy atom. The quantitative estimate of drug-likeness (QED) is 0.192. The monoisotopic (exact) mass is 731 g/mol. The second kappa shape index (κ2) is 12.0. The first kappa shape index (κ1) is 32.8. The summed E-state index contributed by atoms with van der Waals surface area (Å²) in [5.41, 5.74) is 0.841. The van der Waals surface area contributed by atoms with Gasteiger partial charge in [0.2, 0.25) is 0 Å². The second-order valence-corrected chi connectivity index (χ2v) is 17.1. The molecule has 2 aromatic heterocycles. The molecule has 54 heavy (non-hydrogen) atoms. The number of aromatic nitrogens is 4. The number of fused-ring (bicyclic) bond motifs is 7. The lowest BCUT2D eigenvalue weighted by Gasteiger charge is -2.44. The van der Waals surface area contributed by atoms with Gasteiger partial charge in [0.15, 0.2) is 5.82 Å². The molecule has 2 aliphatic carbocycles. The summed E-state index contributed by atoms with van der Waals surface area (Å²) in [6.07, 6.45) is 13.5. The van der Waals surface area contributed by atoms with Crippen molar-refractivity contribution in [3.63, 3.8) is 0 Å². The van der Waals surface area contributed by atoms with E-state index in [4.69, 9.17) is 31.0 Å². The third kappa shape index (κ3) is 5.26. The highest BCUT2D eigenvalue weighted by Crippen LogP contribution is 2.51. The van der Waals surface area contributed by atoms with Gasteiger partial charge >= 0.3 is 6.01 Å². The van der Waals surface area contributed by atoms with Crippen LogP contribution in [0.25, 0.3) is 43.7 Å². The third-order valence-corrected chi connectivity index (χ3v) is 13.3. The van der Waals surface area contributed by atoms with Crippen LogP contribution in [0.3, 0.4) is 0 Å². The highest BCUT2D eigenvalue weighted by Gasteiger charge is 2.51. The van der Waals surface area contributed by atoms with E-state index in [2.05, 4.69) is 20.6 Å². The van der Waals surface area contributed by atoms with Gasteiger partial charge < -0.3 is 24.4 Å². The smallest absolute Gasteiger partial charge is 0.319 e. The Morgan fingerprint density at radius 3 is 2.50 bits per heavy atom. The maximum absolute atomic E-state index is 17.8. The minimum absolute atomic E-state index is 0.00896. The number of aryl methyl sites for hydroxylation is 1. The molecule has 5 aromatic rings. The molecule has 4 unspecified atom stereocenters. The van der Waals surface area contributed by atoms with Crippen LogP contribution in [0, 0.1) is 47.1 Å². The van der Waals surface area contributed by atoms with Gasteiger partial charge in [0.25, 0.3) is 0 Å². The van der Waals surface area contributed by atoms with Crippen LogP contribution in [0.4, 0.5) is 14.6 Å². The number of benzene rings is 3. The summed E-state index contributed by atoms with van der Waals surface area (Å²) in [6, 6.07) is 6.60. The Balaban J connectivity index is 1.06. The van der Waals surface area contributed by atoms with Crippen molar-refractivity contribution in [3.05, 3.63) is 47.7 Å². The number of rotatable bonds is 9. The van der Waals surface area contributed by atoms with Crippen LogP contribution >= 0.6 is 0 Å². The van der Waals surface area contributed by atoms with Crippen molar-refractivity contribution in [2.24, 2.45) is 30.2 Å². The molecule has 4 atom stereocenters. The second-order valence-electron chi connectivity index (χ2n) is 17.1. The first-order valence-corrected chi connectivity index (χ1v) is 19.5. The number of piperidine rings is 1. The van der Waals surface area contributed by atoms with E-state index in [9.17, 15) is 5.11 Å². The van der Waals surface area contributed by atoms with E-state index < -0.39 is 11.6 Å². The van der Waals surface area contributed by atoms with Gasteiger partial charge in [0.1, 0.15) is 28.4 Å². The minimum Gasteiger partial charge on any atom is -0.508 e. The molecule has 0 radical (unpaired) electrons. The lowest BCUT2D eigenvalue weighted by molar-refractivity contribution is -0.0538. The molecule has 278 valence electrons. The van der Waals surface area contributed by atoms with E-state index in [1.54, 1.807) is 17.8 Å². The van der Waals surface area contributed by atoms with Crippen molar-refractivity contribution in [1.29, 1.82) is 0 Å². The normalized spacial score (nSPS) is 26.1. The summed E-state index contributed by atoms with van der Waals surface area (Å²) < 4.78 is 46.7. The average Bonchev–Trinajstić information content (AvgIpc) is 3.96. The maximum Gasteiger partial charge on any atom is 0.319 e. The molecule has 2 bridgehead atoms. The van der Waals surface area contributed by atoms with Gasteiger partial charge in [0, 0.05) is 92.3 Å². The average molecular weight is 732 g/mol. The molecule has 10 nitrogen and oxygen atoms in total. The molecular weight excluding hydrogens is 689 g/mol. The largest absolute Gasteiger partial charge is 0.508 e. The van der Waals surface area contributed by atoms with Crippen LogP contribution in [0.1, 0.15) is 37.7 Å². The van der Waals surface area contributed by atoms with Crippen molar-refractivity contribution < 1.29 is 23.4 Å². The van der Waals surface area contributed by atoms with Gasteiger partial charge in [-0.25, -0.2) is 8.78 Å². The Morgan fingerprint density at radius 1 is 1.02 bits per heavy atom. The molecule has 6 heterocycles. The highest BCUT2D eigenvalue weighted by molar-refractivity contribution is 6.18. The summed E-state index contributed by atoms with van der Waals surface area (Å²) in [5, 5.41) is 17.7. The fourth-order valence-corrected chi connectivity index (χ4v) is 10.2. The number of ether oxygens (including phenoxy) is 2. The zero-order valence-electron chi connectivity index (χ0n) is 30.4. The predicted octanol–water partition coefficient (Wildman–Crippen LogP) is 5.71. The molecule has 3 aromatic carbocycles. The fourth-order valence-electron chi connectivity index (χ4n) is 10.2. The van der Waals surface area contributed by atoms with E-state index in [1.165, 1.54) is 37.7 Å². The zero-order valence-corrected chi connectivity index (χ0v) is 30.4. The van der Waals surface area contributed by atoms with Crippen molar-refractivity contribution in [2.45, 2.75) is 44.2 Å². The number of terminal acetylenes is 1. The number of halogens is 2. The van der Waals surface area contributed by atoms with Gasteiger partial charge in [-0.2, -0.15) is 15.1 Å². The van der Waals surface area contributed by atoms with Crippen LogP contribution < -0.4 is 9.64 Å². The summed E-state index contributed by atoms with van der Waals surface area (Å²) >= 11 is 0. The molecule has 2 saturated carbocycles. The molecule has 12 heteroatoms. The topological polar surface area (TPSA) is 92.0 Å². The SMILES string of the molecule is C#Cc1c(F)ccc2cc(O)cc(-c3c(F)c4nc(OCC5(CN6CC7CC7C6)CC5)nc(N5CC6CCC(C5)N6CC5COC5)c4c4cn(C)nc34)c12. The molecule has 1 N–H and O–H groups in total. The van der Waals surface area contributed by atoms with Crippen LogP contribution in [-0.2, 0) is 11.8 Å². The van der Waals surface area contributed by atoms with Crippen LogP contribution in [0.15, 0.2) is 30.5 Å². The lowest BCUT2D eigenvalue weighted by Crippen LogP contribution is -2.56. The Labute approximate surface area is 312 Å². The number of piperazine rings is 1. The molecule has 6 fully saturated rings. The van der Waals surface area contributed by atoms with Crippen molar-refractivity contribution in [3.8, 4) is 35.2 Å². The number of nitrogens with zero attached hydrogens (tertiary/aromatic N) is 7. The summed E-state index contributed by atoms with van der Waals surface area (Å²) in [7, 11) is 1.79. The van der Waals surface area contributed by atoms with Gasteiger partial charge in [-0.15, -0.1) is 6.42 Å². The highest BCUT2D eigenvalue weighted by atomic mass is 19.1. The van der Waals surface area contributed by atoms with Crippen molar-refractivity contribution in [1.82, 2.24) is 29.5 Å². The number of hydrogen-bond donors (Lipinski definition) is 1. The van der Waals surface area contributed by atoms with Crippen LogP contribution in [0.2, 0.25) is 0 Å². The Kier molecular flexibility index (Phi) is 7.27. The van der Waals surface area contributed by atoms with Crippen molar-refractivity contribution >= 4 is 38.4 Å². The van der Waals surface area contributed by atoms with Gasteiger partial charge in [-0.3, -0.25) is 9.58 Å². The number of phenols is 1. The lowest BCUT2D eigenvalue weighted by atomic mass is 9.91. The van der Waals surface area contributed by atoms with Gasteiger partial charge in [-0.05, 0) is 73.1 Å². The van der Waals surface area contributed by atoms with E-state index in [1.807, 2.05) is 6.20 Å². The summed E-state index contributed by atoms with van der Waals surface area (Å²) in [5.74, 6) is 4.06.